The summed E-state index contributed by atoms with van der Waals surface area (Å²) < 4.78 is 5.42. The SMILES string of the molecule is CC1OCCC1N(C)C(=O)NCCCCC(=O)O. The van der Waals surface area contributed by atoms with Gasteiger partial charge < -0.3 is 20.1 Å². The lowest BCUT2D eigenvalue weighted by molar-refractivity contribution is -0.137. The molecular weight excluding hydrogens is 236 g/mol. The Bertz CT molecular complexity index is 296. The van der Waals surface area contributed by atoms with Gasteiger partial charge in [0.15, 0.2) is 0 Å². The molecule has 1 heterocycles. The van der Waals surface area contributed by atoms with E-state index in [1.54, 1.807) is 11.9 Å². The molecule has 1 fully saturated rings. The zero-order chi connectivity index (χ0) is 13.5. The van der Waals surface area contributed by atoms with Crippen LogP contribution in [0.2, 0.25) is 0 Å². The molecule has 2 atom stereocenters. The Labute approximate surface area is 107 Å². The molecule has 0 spiro atoms. The van der Waals surface area contributed by atoms with Crippen LogP contribution in [0.5, 0.6) is 0 Å². The van der Waals surface area contributed by atoms with Crippen LogP contribution in [-0.2, 0) is 9.53 Å². The van der Waals surface area contributed by atoms with Crippen LogP contribution >= 0.6 is 0 Å². The number of carboxylic acid groups (broad SMARTS) is 1. The molecule has 0 saturated carbocycles. The summed E-state index contributed by atoms with van der Waals surface area (Å²) in [6.07, 6.45) is 2.36. The molecule has 0 aromatic rings. The van der Waals surface area contributed by atoms with E-state index < -0.39 is 5.97 Å². The maximum atomic E-state index is 11.8. The number of urea groups is 1. The number of likely N-dealkylation sites (N-methyl/N-ethyl adjacent to an activating group) is 1. The summed E-state index contributed by atoms with van der Waals surface area (Å²) >= 11 is 0. The highest BCUT2D eigenvalue weighted by molar-refractivity contribution is 5.74. The second-order valence-electron chi connectivity index (χ2n) is 4.63. The van der Waals surface area contributed by atoms with E-state index in [1.807, 2.05) is 6.92 Å². The van der Waals surface area contributed by atoms with Crippen molar-refractivity contribution in [1.82, 2.24) is 10.2 Å². The zero-order valence-electron chi connectivity index (χ0n) is 11.0. The number of amides is 2. The van der Waals surface area contributed by atoms with Gasteiger partial charge in [0.2, 0.25) is 0 Å². The maximum absolute atomic E-state index is 11.8. The average Bonchev–Trinajstić information content (AvgIpc) is 2.73. The molecule has 1 aliphatic heterocycles. The number of hydrogen-bond acceptors (Lipinski definition) is 3. The fourth-order valence-electron chi connectivity index (χ4n) is 2.10. The number of ether oxygens (including phenoxy) is 1. The highest BCUT2D eigenvalue weighted by atomic mass is 16.5. The van der Waals surface area contributed by atoms with Gasteiger partial charge in [-0.15, -0.1) is 0 Å². The number of hydrogen-bond donors (Lipinski definition) is 2. The number of nitrogens with one attached hydrogen (secondary N) is 1. The van der Waals surface area contributed by atoms with Crippen molar-refractivity contribution in [3.63, 3.8) is 0 Å². The van der Waals surface area contributed by atoms with Gasteiger partial charge >= 0.3 is 12.0 Å². The summed E-state index contributed by atoms with van der Waals surface area (Å²) in [7, 11) is 1.77. The van der Waals surface area contributed by atoms with Gasteiger partial charge in [-0.25, -0.2) is 4.79 Å². The Morgan fingerprint density at radius 1 is 1.44 bits per heavy atom. The van der Waals surface area contributed by atoms with E-state index in [1.165, 1.54) is 0 Å². The Morgan fingerprint density at radius 2 is 2.17 bits per heavy atom. The van der Waals surface area contributed by atoms with Crippen LogP contribution in [-0.4, -0.2) is 54.4 Å². The van der Waals surface area contributed by atoms with E-state index in [2.05, 4.69) is 5.32 Å². The van der Waals surface area contributed by atoms with Crippen molar-refractivity contribution in [3.8, 4) is 0 Å². The number of aliphatic carboxylic acids is 1. The van der Waals surface area contributed by atoms with Crippen molar-refractivity contribution in [2.24, 2.45) is 0 Å². The Hall–Kier alpha value is -1.30. The number of rotatable bonds is 6. The first-order valence-corrected chi connectivity index (χ1v) is 6.36. The normalized spacial score (nSPS) is 22.8. The van der Waals surface area contributed by atoms with Crippen molar-refractivity contribution in [1.29, 1.82) is 0 Å². The highest BCUT2D eigenvalue weighted by Gasteiger charge is 2.30. The first-order chi connectivity index (χ1) is 8.52. The van der Waals surface area contributed by atoms with E-state index in [-0.39, 0.29) is 24.6 Å². The molecule has 0 bridgehead atoms. The topological polar surface area (TPSA) is 78.9 Å². The van der Waals surface area contributed by atoms with Crippen LogP contribution < -0.4 is 5.32 Å². The summed E-state index contributed by atoms with van der Waals surface area (Å²) in [6, 6.07) is 0.0108. The van der Waals surface area contributed by atoms with E-state index in [4.69, 9.17) is 9.84 Å². The second kappa shape index (κ2) is 7.20. The van der Waals surface area contributed by atoms with Crippen LogP contribution in [0.4, 0.5) is 4.79 Å². The monoisotopic (exact) mass is 258 g/mol. The largest absolute Gasteiger partial charge is 0.481 e. The lowest BCUT2D eigenvalue weighted by atomic mass is 10.1. The van der Waals surface area contributed by atoms with Crippen molar-refractivity contribution >= 4 is 12.0 Å². The summed E-state index contributed by atoms with van der Waals surface area (Å²) in [4.78, 5) is 23.8. The van der Waals surface area contributed by atoms with Gasteiger partial charge in [0, 0.05) is 26.6 Å². The molecule has 0 radical (unpaired) electrons. The van der Waals surface area contributed by atoms with E-state index >= 15 is 0 Å². The number of carbonyl (C=O) groups is 2. The van der Waals surface area contributed by atoms with Gasteiger partial charge in [-0.1, -0.05) is 0 Å². The Balaban J connectivity index is 2.17. The molecule has 6 heteroatoms. The first-order valence-electron chi connectivity index (χ1n) is 6.36. The lowest BCUT2D eigenvalue weighted by Gasteiger charge is -2.26. The predicted molar refractivity (Wildman–Crippen MR) is 66.5 cm³/mol. The van der Waals surface area contributed by atoms with E-state index in [0.29, 0.717) is 26.0 Å². The minimum atomic E-state index is -0.796. The lowest BCUT2D eigenvalue weighted by Crippen LogP contribution is -2.46. The third-order valence-electron chi connectivity index (χ3n) is 3.25. The number of carboxylic acids is 1. The van der Waals surface area contributed by atoms with Crippen LogP contribution in [0.3, 0.4) is 0 Å². The highest BCUT2D eigenvalue weighted by Crippen LogP contribution is 2.17. The minimum Gasteiger partial charge on any atom is -0.481 e. The number of nitrogens with zero attached hydrogens (tertiary/aromatic N) is 1. The van der Waals surface area contributed by atoms with E-state index in [9.17, 15) is 9.59 Å². The summed E-state index contributed by atoms with van der Waals surface area (Å²) in [5, 5.41) is 11.3. The fraction of sp³-hybridized carbons (Fsp3) is 0.833. The molecule has 6 nitrogen and oxygen atoms in total. The molecule has 104 valence electrons. The molecule has 2 N–H and O–H groups in total. The van der Waals surface area contributed by atoms with Crippen molar-refractivity contribution in [2.75, 3.05) is 20.2 Å². The summed E-state index contributed by atoms with van der Waals surface area (Å²) in [5.74, 6) is -0.796. The van der Waals surface area contributed by atoms with Gasteiger partial charge in [0.1, 0.15) is 0 Å². The number of unbranched alkanes of at least 4 members (excludes halogenated alkanes) is 1. The molecule has 1 saturated heterocycles. The summed E-state index contributed by atoms with van der Waals surface area (Å²) in [6.45, 7) is 3.18. The third-order valence-corrected chi connectivity index (χ3v) is 3.25. The van der Waals surface area contributed by atoms with Crippen molar-refractivity contribution < 1.29 is 19.4 Å². The Morgan fingerprint density at radius 3 is 2.72 bits per heavy atom. The van der Waals surface area contributed by atoms with Gasteiger partial charge in [0.05, 0.1) is 12.1 Å². The summed E-state index contributed by atoms with van der Waals surface area (Å²) in [5.41, 5.74) is 0. The molecule has 0 aliphatic carbocycles. The molecule has 1 rings (SSSR count). The maximum Gasteiger partial charge on any atom is 0.317 e. The molecule has 18 heavy (non-hydrogen) atoms. The fourth-order valence-corrected chi connectivity index (χ4v) is 2.10. The first kappa shape index (κ1) is 14.8. The standard InChI is InChI=1S/C12H22N2O4/c1-9-10(6-8-18-9)14(2)12(17)13-7-4-3-5-11(15)16/h9-10H,3-8H2,1-2H3,(H,13,17)(H,15,16). The van der Waals surface area contributed by atoms with Crippen molar-refractivity contribution in [3.05, 3.63) is 0 Å². The Kier molecular flexibility index (Phi) is 5.91. The molecule has 1 aliphatic rings. The molecule has 2 amide bonds. The quantitative estimate of drug-likeness (QED) is 0.698. The van der Waals surface area contributed by atoms with Crippen LogP contribution in [0.25, 0.3) is 0 Å². The predicted octanol–water partition coefficient (Wildman–Crippen LogP) is 1.06. The van der Waals surface area contributed by atoms with Crippen LogP contribution in [0.15, 0.2) is 0 Å². The van der Waals surface area contributed by atoms with Crippen LogP contribution in [0, 0.1) is 0 Å². The van der Waals surface area contributed by atoms with Gasteiger partial charge in [0.25, 0.3) is 0 Å². The molecule has 2 unspecified atom stereocenters. The molecule has 0 aromatic heterocycles. The molecular formula is C12H22N2O4. The minimum absolute atomic E-state index is 0.0766. The van der Waals surface area contributed by atoms with Gasteiger partial charge in [-0.3, -0.25) is 4.79 Å². The average molecular weight is 258 g/mol. The molecule has 0 aromatic carbocycles. The third kappa shape index (κ3) is 4.52. The van der Waals surface area contributed by atoms with Gasteiger partial charge in [-0.05, 0) is 26.2 Å². The zero-order valence-corrected chi connectivity index (χ0v) is 11.0. The van der Waals surface area contributed by atoms with E-state index in [0.717, 1.165) is 6.42 Å². The number of carbonyl (C=O) groups excluding carboxylic acids is 1. The second-order valence-corrected chi connectivity index (χ2v) is 4.63. The smallest absolute Gasteiger partial charge is 0.317 e. The van der Waals surface area contributed by atoms with Crippen LogP contribution in [0.1, 0.15) is 32.6 Å². The van der Waals surface area contributed by atoms with Crippen molar-refractivity contribution in [2.45, 2.75) is 44.8 Å². The van der Waals surface area contributed by atoms with Gasteiger partial charge in [-0.2, -0.15) is 0 Å².